The van der Waals surface area contributed by atoms with Crippen LogP contribution in [0.1, 0.15) is 33.6 Å². The summed E-state index contributed by atoms with van der Waals surface area (Å²) in [5.41, 5.74) is 0.493. The van der Waals surface area contributed by atoms with Crippen molar-refractivity contribution in [1.82, 2.24) is 4.90 Å². The van der Waals surface area contributed by atoms with Crippen molar-refractivity contribution in [1.29, 1.82) is 0 Å². The van der Waals surface area contributed by atoms with Gasteiger partial charge >= 0.3 is 0 Å². The first kappa shape index (κ1) is 9.72. The molecule has 0 unspecified atom stereocenters. The van der Waals surface area contributed by atoms with E-state index in [0.29, 0.717) is 12.0 Å². The molecule has 1 aliphatic heterocycles. The minimum atomic E-state index is 0.287. The van der Waals surface area contributed by atoms with E-state index in [-0.39, 0.29) is 5.78 Å². The Labute approximate surface area is 74.9 Å². The topological polar surface area (TPSA) is 20.3 Å². The molecule has 0 N–H and O–H groups in total. The van der Waals surface area contributed by atoms with Crippen LogP contribution in [0.3, 0.4) is 0 Å². The van der Waals surface area contributed by atoms with Gasteiger partial charge in [0.15, 0.2) is 0 Å². The predicted molar refractivity (Wildman–Crippen MR) is 50.1 cm³/mol. The van der Waals surface area contributed by atoms with Gasteiger partial charge in [-0.05, 0) is 38.3 Å². The van der Waals surface area contributed by atoms with Crippen molar-refractivity contribution < 1.29 is 4.79 Å². The zero-order valence-corrected chi connectivity index (χ0v) is 8.39. The maximum atomic E-state index is 10.8. The van der Waals surface area contributed by atoms with Crippen LogP contribution in [0.15, 0.2) is 0 Å². The van der Waals surface area contributed by atoms with Crippen LogP contribution in [-0.2, 0) is 4.79 Å². The van der Waals surface area contributed by atoms with E-state index < -0.39 is 0 Å². The summed E-state index contributed by atoms with van der Waals surface area (Å²) >= 11 is 0. The van der Waals surface area contributed by atoms with Gasteiger partial charge in [0.25, 0.3) is 0 Å². The second kappa shape index (κ2) is 3.56. The van der Waals surface area contributed by atoms with E-state index in [1.165, 1.54) is 12.8 Å². The first-order chi connectivity index (χ1) is 5.49. The SMILES string of the molecule is CC(=O)CN1CCC(C)(C)CC1. The fourth-order valence-corrected chi connectivity index (χ4v) is 1.63. The molecule has 1 rings (SSSR count). The number of hydrogen-bond donors (Lipinski definition) is 0. The minimum Gasteiger partial charge on any atom is -0.299 e. The maximum Gasteiger partial charge on any atom is 0.143 e. The number of ketones is 1. The molecule has 0 aromatic heterocycles. The predicted octanol–water partition coefficient (Wildman–Crippen LogP) is 1.70. The van der Waals surface area contributed by atoms with Gasteiger partial charge in [-0.3, -0.25) is 9.69 Å². The monoisotopic (exact) mass is 169 g/mol. The van der Waals surface area contributed by atoms with Crippen LogP contribution < -0.4 is 0 Å². The van der Waals surface area contributed by atoms with Gasteiger partial charge in [0.2, 0.25) is 0 Å². The summed E-state index contributed by atoms with van der Waals surface area (Å²) < 4.78 is 0. The molecule has 0 aromatic rings. The summed E-state index contributed by atoms with van der Waals surface area (Å²) in [6, 6.07) is 0. The van der Waals surface area contributed by atoms with Crippen LogP contribution in [0.5, 0.6) is 0 Å². The Hall–Kier alpha value is -0.370. The van der Waals surface area contributed by atoms with Crippen molar-refractivity contribution in [3.05, 3.63) is 0 Å². The van der Waals surface area contributed by atoms with Gasteiger partial charge < -0.3 is 0 Å². The van der Waals surface area contributed by atoms with Crippen molar-refractivity contribution in [2.45, 2.75) is 33.6 Å². The molecule has 1 fully saturated rings. The number of carbonyl (C=O) groups excluding carboxylic acids is 1. The summed E-state index contributed by atoms with van der Waals surface area (Å²) in [4.78, 5) is 13.1. The summed E-state index contributed by atoms with van der Waals surface area (Å²) in [6.07, 6.45) is 2.45. The molecule has 0 bridgehead atoms. The third kappa shape index (κ3) is 2.94. The molecule has 1 heterocycles. The summed E-state index contributed by atoms with van der Waals surface area (Å²) in [5, 5.41) is 0. The lowest BCUT2D eigenvalue weighted by molar-refractivity contribution is -0.118. The Morgan fingerprint density at radius 2 is 1.83 bits per heavy atom. The molecule has 2 nitrogen and oxygen atoms in total. The number of Topliss-reactive ketones (excluding diaryl/α,β-unsaturated/α-hetero) is 1. The molecule has 0 amide bonds. The molecule has 0 aliphatic carbocycles. The van der Waals surface area contributed by atoms with E-state index in [0.717, 1.165) is 13.1 Å². The zero-order valence-electron chi connectivity index (χ0n) is 8.39. The average Bonchev–Trinajstić information content (AvgIpc) is 1.93. The molecule has 0 saturated carbocycles. The van der Waals surface area contributed by atoms with Gasteiger partial charge in [-0.1, -0.05) is 13.8 Å². The van der Waals surface area contributed by atoms with Gasteiger partial charge in [-0.15, -0.1) is 0 Å². The van der Waals surface area contributed by atoms with Crippen LogP contribution in [0.25, 0.3) is 0 Å². The van der Waals surface area contributed by atoms with Crippen molar-refractivity contribution in [2.75, 3.05) is 19.6 Å². The number of likely N-dealkylation sites (tertiary alicyclic amines) is 1. The first-order valence-corrected chi connectivity index (χ1v) is 4.71. The van der Waals surface area contributed by atoms with E-state index >= 15 is 0 Å². The third-order valence-corrected chi connectivity index (χ3v) is 2.66. The van der Waals surface area contributed by atoms with Crippen molar-refractivity contribution in [2.24, 2.45) is 5.41 Å². The van der Waals surface area contributed by atoms with E-state index in [1.54, 1.807) is 6.92 Å². The van der Waals surface area contributed by atoms with Crippen molar-refractivity contribution in [3.63, 3.8) is 0 Å². The van der Waals surface area contributed by atoms with Gasteiger partial charge in [0.1, 0.15) is 5.78 Å². The summed E-state index contributed by atoms with van der Waals surface area (Å²) in [5.74, 6) is 0.287. The molecular weight excluding hydrogens is 150 g/mol. The quantitative estimate of drug-likeness (QED) is 0.627. The molecule has 70 valence electrons. The molecule has 12 heavy (non-hydrogen) atoms. The van der Waals surface area contributed by atoms with Crippen LogP contribution >= 0.6 is 0 Å². The highest BCUT2D eigenvalue weighted by Gasteiger charge is 2.25. The van der Waals surface area contributed by atoms with Gasteiger partial charge in [0, 0.05) is 0 Å². The van der Waals surface area contributed by atoms with Crippen LogP contribution in [0.4, 0.5) is 0 Å². The highest BCUT2D eigenvalue weighted by molar-refractivity contribution is 5.77. The fraction of sp³-hybridized carbons (Fsp3) is 0.900. The lowest BCUT2D eigenvalue weighted by Gasteiger charge is -2.36. The van der Waals surface area contributed by atoms with Gasteiger partial charge in [-0.2, -0.15) is 0 Å². The Balaban J connectivity index is 2.31. The van der Waals surface area contributed by atoms with Gasteiger partial charge in [-0.25, -0.2) is 0 Å². The summed E-state index contributed by atoms with van der Waals surface area (Å²) in [6.45, 7) is 9.10. The molecule has 0 aromatic carbocycles. The summed E-state index contributed by atoms with van der Waals surface area (Å²) in [7, 11) is 0. The largest absolute Gasteiger partial charge is 0.299 e. The first-order valence-electron chi connectivity index (χ1n) is 4.71. The molecule has 2 heteroatoms. The second-order valence-corrected chi connectivity index (χ2v) is 4.64. The number of piperidine rings is 1. The Morgan fingerprint density at radius 1 is 1.33 bits per heavy atom. The minimum absolute atomic E-state index is 0.287. The highest BCUT2D eigenvalue weighted by Crippen LogP contribution is 2.29. The molecule has 1 saturated heterocycles. The van der Waals surface area contributed by atoms with Crippen LogP contribution in [0, 0.1) is 5.41 Å². The Kier molecular flexibility index (Phi) is 2.89. The number of carbonyl (C=O) groups is 1. The van der Waals surface area contributed by atoms with Gasteiger partial charge in [0.05, 0.1) is 6.54 Å². The van der Waals surface area contributed by atoms with Crippen molar-refractivity contribution >= 4 is 5.78 Å². The van der Waals surface area contributed by atoms with Crippen LogP contribution in [-0.4, -0.2) is 30.3 Å². The molecule has 1 aliphatic rings. The molecule has 0 spiro atoms. The number of hydrogen-bond acceptors (Lipinski definition) is 2. The highest BCUT2D eigenvalue weighted by atomic mass is 16.1. The Morgan fingerprint density at radius 3 is 2.25 bits per heavy atom. The lowest BCUT2D eigenvalue weighted by Crippen LogP contribution is -2.39. The standard InChI is InChI=1S/C10H19NO/c1-9(12)8-11-6-4-10(2,3)5-7-11/h4-8H2,1-3H3. The molecule has 0 atom stereocenters. The zero-order chi connectivity index (χ0) is 9.19. The molecular formula is C10H19NO. The average molecular weight is 169 g/mol. The smallest absolute Gasteiger partial charge is 0.143 e. The third-order valence-electron chi connectivity index (χ3n) is 2.66. The van der Waals surface area contributed by atoms with E-state index in [9.17, 15) is 4.79 Å². The van der Waals surface area contributed by atoms with E-state index in [1.807, 2.05) is 0 Å². The van der Waals surface area contributed by atoms with Crippen molar-refractivity contribution in [3.8, 4) is 0 Å². The normalized spacial score (nSPS) is 23.9. The molecule has 0 radical (unpaired) electrons. The van der Waals surface area contributed by atoms with E-state index in [2.05, 4.69) is 18.7 Å². The lowest BCUT2D eigenvalue weighted by atomic mass is 9.83. The van der Waals surface area contributed by atoms with Crippen LogP contribution in [0.2, 0.25) is 0 Å². The Bertz CT molecular complexity index is 165. The second-order valence-electron chi connectivity index (χ2n) is 4.64. The fourth-order valence-electron chi connectivity index (χ4n) is 1.63. The maximum absolute atomic E-state index is 10.8. The van der Waals surface area contributed by atoms with E-state index in [4.69, 9.17) is 0 Å². The number of rotatable bonds is 2. The number of nitrogens with zero attached hydrogens (tertiary/aromatic N) is 1.